The van der Waals surface area contributed by atoms with Gasteiger partial charge < -0.3 is 4.74 Å². The molecule has 3 aromatic rings. The van der Waals surface area contributed by atoms with Crippen LogP contribution in [0.3, 0.4) is 0 Å². The van der Waals surface area contributed by atoms with Crippen molar-refractivity contribution in [1.29, 1.82) is 0 Å². The van der Waals surface area contributed by atoms with Crippen LogP contribution in [0.1, 0.15) is 15.9 Å². The lowest BCUT2D eigenvalue weighted by Crippen LogP contribution is -2.65. The highest BCUT2D eigenvalue weighted by Gasteiger charge is 2.53. The lowest BCUT2D eigenvalue weighted by atomic mass is 9.85. The maximum Gasteiger partial charge on any atom is 0.338 e. The average molecular weight is 436 g/mol. The Bertz CT molecular complexity index is 1160. The summed E-state index contributed by atoms with van der Waals surface area (Å²) >= 11 is 0. The number of amides is 1. The largest absolute Gasteiger partial charge is 0.460 e. The van der Waals surface area contributed by atoms with Gasteiger partial charge in [-0.05, 0) is 36.2 Å². The number of nitrogens with zero attached hydrogens (tertiary/aromatic N) is 1. The fourth-order valence-electron chi connectivity index (χ4n) is 3.67. The number of rotatable bonds is 7. The third-order valence-corrected chi connectivity index (χ3v) is 7.13. The zero-order valence-electron chi connectivity index (χ0n) is 16.6. The van der Waals surface area contributed by atoms with Crippen LogP contribution in [0.4, 0.5) is 0 Å². The molecule has 0 spiro atoms. The number of sulfonamides is 1. The summed E-state index contributed by atoms with van der Waals surface area (Å²) in [5.41, 5.74) is 1.28. The molecular weight excluding hydrogens is 414 g/mol. The molecule has 1 aliphatic rings. The Kier molecular flexibility index (Phi) is 5.86. The summed E-state index contributed by atoms with van der Waals surface area (Å²) in [5, 5.41) is 0. The van der Waals surface area contributed by atoms with Gasteiger partial charge in [0.05, 0.1) is 22.4 Å². The topological polar surface area (TPSA) is 80.8 Å². The molecule has 1 amide bonds. The first kappa shape index (κ1) is 20.8. The molecule has 2 atom stereocenters. The van der Waals surface area contributed by atoms with E-state index in [1.54, 1.807) is 48.5 Å². The summed E-state index contributed by atoms with van der Waals surface area (Å²) in [6, 6.07) is 24.8. The van der Waals surface area contributed by atoms with Crippen LogP contribution in [0, 0.1) is 5.92 Å². The van der Waals surface area contributed by atoms with Crippen LogP contribution in [0.15, 0.2) is 95.9 Å². The van der Waals surface area contributed by atoms with E-state index in [4.69, 9.17) is 4.74 Å². The second kappa shape index (κ2) is 8.73. The van der Waals surface area contributed by atoms with E-state index in [0.29, 0.717) is 12.0 Å². The summed E-state index contributed by atoms with van der Waals surface area (Å²) in [6.45, 7) is -0.205. The van der Waals surface area contributed by atoms with Crippen LogP contribution < -0.4 is 0 Å². The van der Waals surface area contributed by atoms with Crippen molar-refractivity contribution in [3.8, 4) is 0 Å². The number of hydrogen-bond acceptors (Lipinski definition) is 5. The predicted octanol–water partition coefficient (Wildman–Crippen LogP) is 3.30. The van der Waals surface area contributed by atoms with E-state index in [0.717, 1.165) is 9.87 Å². The van der Waals surface area contributed by atoms with E-state index >= 15 is 0 Å². The van der Waals surface area contributed by atoms with Gasteiger partial charge in [0.1, 0.15) is 6.61 Å². The molecule has 0 bridgehead atoms. The Balaban J connectivity index is 1.58. The molecule has 0 aromatic heterocycles. The maximum atomic E-state index is 13.1. The molecule has 1 saturated heterocycles. The van der Waals surface area contributed by atoms with E-state index in [1.165, 1.54) is 12.1 Å². The highest BCUT2D eigenvalue weighted by molar-refractivity contribution is 7.89. The van der Waals surface area contributed by atoms with Gasteiger partial charge in [-0.25, -0.2) is 17.5 Å². The molecule has 1 heterocycles. The van der Waals surface area contributed by atoms with Crippen molar-refractivity contribution in [2.45, 2.75) is 17.4 Å². The normalized spacial score (nSPS) is 18.3. The van der Waals surface area contributed by atoms with Crippen LogP contribution in [0.25, 0.3) is 0 Å². The monoisotopic (exact) mass is 435 g/mol. The molecule has 7 heteroatoms. The lowest BCUT2D eigenvalue weighted by molar-refractivity contribution is -0.148. The Morgan fingerprint density at radius 2 is 1.39 bits per heavy atom. The second-order valence-corrected chi connectivity index (χ2v) is 9.10. The molecule has 0 N–H and O–H groups in total. The van der Waals surface area contributed by atoms with Crippen LogP contribution in [-0.4, -0.2) is 37.2 Å². The van der Waals surface area contributed by atoms with Crippen LogP contribution in [-0.2, 0) is 26.0 Å². The first-order chi connectivity index (χ1) is 15.0. The Morgan fingerprint density at radius 1 is 0.839 bits per heavy atom. The first-order valence-electron chi connectivity index (χ1n) is 9.88. The molecule has 0 aliphatic carbocycles. The van der Waals surface area contributed by atoms with Crippen molar-refractivity contribution in [1.82, 2.24) is 4.31 Å². The molecular formula is C24H21NO5S. The number of esters is 1. The molecule has 6 nitrogen and oxygen atoms in total. The minimum absolute atomic E-state index is 0.0286. The number of carbonyl (C=O) groups excluding carboxylic acids is 2. The van der Waals surface area contributed by atoms with Gasteiger partial charge in [0.15, 0.2) is 0 Å². The number of hydrogen-bond donors (Lipinski definition) is 0. The third-order valence-electron chi connectivity index (χ3n) is 5.29. The van der Waals surface area contributed by atoms with Crippen molar-refractivity contribution in [2.75, 3.05) is 6.61 Å². The van der Waals surface area contributed by atoms with Gasteiger partial charge in [-0.2, -0.15) is 0 Å². The smallest absolute Gasteiger partial charge is 0.338 e. The Hall–Kier alpha value is -3.45. The number of ether oxygens (including phenoxy) is 1. The highest BCUT2D eigenvalue weighted by Crippen LogP contribution is 2.35. The van der Waals surface area contributed by atoms with Gasteiger partial charge in [-0.1, -0.05) is 66.7 Å². The van der Waals surface area contributed by atoms with Crippen molar-refractivity contribution < 1.29 is 22.7 Å². The van der Waals surface area contributed by atoms with E-state index in [2.05, 4.69) is 0 Å². The fourth-order valence-corrected chi connectivity index (χ4v) is 5.33. The van der Waals surface area contributed by atoms with Gasteiger partial charge >= 0.3 is 5.97 Å². The number of benzene rings is 3. The molecule has 3 aromatic carbocycles. The Morgan fingerprint density at radius 3 is 2.00 bits per heavy atom. The zero-order chi connectivity index (χ0) is 21.8. The number of carbonyl (C=O) groups is 2. The quantitative estimate of drug-likeness (QED) is 0.420. The van der Waals surface area contributed by atoms with E-state index in [9.17, 15) is 18.0 Å². The SMILES string of the molecule is O=C(OC[C@@H]1[C@H](Cc2ccccc2)C(=O)N1S(=O)(=O)c1ccccc1)c1ccccc1. The second-order valence-electron chi connectivity index (χ2n) is 7.28. The highest BCUT2D eigenvalue weighted by atomic mass is 32.2. The summed E-state index contributed by atoms with van der Waals surface area (Å²) in [6.07, 6.45) is 0.369. The average Bonchev–Trinajstić information content (AvgIpc) is 2.81. The molecule has 158 valence electrons. The minimum Gasteiger partial charge on any atom is -0.460 e. The first-order valence-corrected chi connectivity index (χ1v) is 11.3. The standard InChI is InChI=1S/C24H21NO5S/c26-23-21(16-18-10-4-1-5-11-18)22(17-30-24(27)19-12-6-2-7-13-19)25(23)31(28,29)20-14-8-3-9-15-20/h1-15,21-22H,16-17H2/t21-,22+/m0/s1. The van der Waals surface area contributed by atoms with Crippen molar-refractivity contribution in [3.05, 3.63) is 102 Å². The molecule has 1 aliphatic heterocycles. The van der Waals surface area contributed by atoms with E-state index in [1.807, 2.05) is 30.3 Å². The molecule has 31 heavy (non-hydrogen) atoms. The lowest BCUT2D eigenvalue weighted by Gasteiger charge is -2.45. The summed E-state index contributed by atoms with van der Waals surface area (Å²) in [5.74, 6) is -1.65. The maximum absolute atomic E-state index is 13.1. The van der Waals surface area contributed by atoms with Gasteiger partial charge in [0.2, 0.25) is 5.91 Å². The third kappa shape index (κ3) is 4.22. The summed E-state index contributed by atoms with van der Waals surface area (Å²) < 4.78 is 32.5. The van der Waals surface area contributed by atoms with Gasteiger partial charge in [-0.3, -0.25) is 4.79 Å². The summed E-state index contributed by atoms with van der Waals surface area (Å²) in [4.78, 5) is 25.3. The minimum atomic E-state index is -4.05. The van der Waals surface area contributed by atoms with Crippen LogP contribution >= 0.6 is 0 Å². The van der Waals surface area contributed by atoms with Crippen LogP contribution in [0.5, 0.6) is 0 Å². The predicted molar refractivity (Wildman–Crippen MR) is 115 cm³/mol. The molecule has 0 saturated carbocycles. The van der Waals surface area contributed by atoms with Crippen LogP contribution in [0.2, 0.25) is 0 Å². The van der Waals surface area contributed by atoms with Crippen molar-refractivity contribution >= 4 is 21.9 Å². The molecule has 0 radical (unpaired) electrons. The Labute approximate surface area is 181 Å². The van der Waals surface area contributed by atoms with Gasteiger partial charge in [0, 0.05) is 0 Å². The molecule has 0 unspecified atom stereocenters. The zero-order valence-corrected chi connectivity index (χ0v) is 17.4. The molecule has 1 fully saturated rings. The van der Waals surface area contributed by atoms with Crippen molar-refractivity contribution in [3.63, 3.8) is 0 Å². The van der Waals surface area contributed by atoms with Crippen molar-refractivity contribution in [2.24, 2.45) is 5.92 Å². The van der Waals surface area contributed by atoms with E-state index < -0.39 is 33.9 Å². The number of β-lactam (4-membered cyclic amide) rings is 1. The molecule has 4 rings (SSSR count). The van der Waals surface area contributed by atoms with E-state index in [-0.39, 0.29) is 11.5 Å². The van der Waals surface area contributed by atoms with Gasteiger partial charge in [0.25, 0.3) is 10.0 Å². The van der Waals surface area contributed by atoms with Gasteiger partial charge in [-0.15, -0.1) is 0 Å². The summed E-state index contributed by atoms with van der Waals surface area (Å²) in [7, 11) is -4.05. The fraction of sp³-hybridized carbons (Fsp3) is 0.167.